The molecule has 0 bridgehead atoms. The van der Waals surface area contributed by atoms with Gasteiger partial charge >= 0.3 is 0 Å². The Morgan fingerprint density at radius 1 is 0.882 bits per heavy atom. The molecule has 2 saturated heterocycles. The second-order valence-electron chi connectivity index (χ2n) is 11.2. The van der Waals surface area contributed by atoms with Gasteiger partial charge in [0.25, 0.3) is 0 Å². The Hall–Kier alpha value is -2.17. The van der Waals surface area contributed by atoms with E-state index in [1.54, 1.807) is 0 Å². The number of likely N-dealkylation sites (tertiary alicyclic amines) is 1. The summed E-state index contributed by atoms with van der Waals surface area (Å²) in [6, 6.07) is 20.2. The van der Waals surface area contributed by atoms with E-state index in [-0.39, 0.29) is 11.3 Å². The molecule has 4 heteroatoms. The van der Waals surface area contributed by atoms with Crippen LogP contribution in [0, 0.1) is 11.8 Å². The second kappa shape index (κ2) is 9.47. The molecule has 1 spiro atoms. The standard InChI is InChI=1S/C30H39N3O/c34-29(27-19-32-21-30(27)20-31-18-25-13-7-8-14-26(25)30)33-16-15-24(22-9-3-1-4-10-22)17-28(33)23-11-5-2-6-12-23/h1,3-4,7-10,13-14,23-24,27-28,31-32H,2,5-6,11-12,15-21H2. The first-order valence-electron chi connectivity index (χ1n) is 13.6. The summed E-state index contributed by atoms with van der Waals surface area (Å²) in [5, 5.41) is 7.29. The Balaban J connectivity index is 1.30. The van der Waals surface area contributed by atoms with Crippen LogP contribution in [-0.2, 0) is 16.8 Å². The lowest BCUT2D eigenvalue weighted by Crippen LogP contribution is -2.57. The number of amides is 1. The third kappa shape index (κ3) is 3.89. The van der Waals surface area contributed by atoms with Crippen LogP contribution in [-0.4, -0.2) is 43.0 Å². The molecule has 3 fully saturated rings. The lowest BCUT2D eigenvalue weighted by atomic mass is 9.68. The van der Waals surface area contributed by atoms with Gasteiger partial charge in [-0.05, 0) is 54.2 Å². The molecule has 3 heterocycles. The molecule has 34 heavy (non-hydrogen) atoms. The van der Waals surface area contributed by atoms with Gasteiger partial charge in [-0.3, -0.25) is 4.79 Å². The van der Waals surface area contributed by atoms with Crippen LogP contribution in [0.1, 0.15) is 67.6 Å². The minimum Gasteiger partial charge on any atom is -0.339 e. The Kier molecular flexibility index (Phi) is 6.21. The highest BCUT2D eigenvalue weighted by Crippen LogP contribution is 2.44. The molecule has 1 amide bonds. The van der Waals surface area contributed by atoms with E-state index in [1.807, 2.05) is 0 Å². The number of nitrogens with one attached hydrogen (secondary N) is 2. The molecule has 3 aliphatic heterocycles. The van der Waals surface area contributed by atoms with E-state index in [9.17, 15) is 4.79 Å². The molecule has 2 aromatic rings. The summed E-state index contributed by atoms with van der Waals surface area (Å²) in [7, 11) is 0. The van der Waals surface area contributed by atoms with E-state index in [0.29, 0.717) is 23.8 Å². The van der Waals surface area contributed by atoms with Crippen LogP contribution in [0.3, 0.4) is 0 Å². The normalized spacial score (nSPS) is 32.0. The van der Waals surface area contributed by atoms with Crippen molar-refractivity contribution in [2.24, 2.45) is 11.8 Å². The predicted molar refractivity (Wildman–Crippen MR) is 137 cm³/mol. The maximum atomic E-state index is 14.4. The van der Waals surface area contributed by atoms with Crippen LogP contribution in [0.15, 0.2) is 54.6 Å². The summed E-state index contributed by atoms with van der Waals surface area (Å²) < 4.78 is 0. The average molecular weight is 458 g/mol. The molecule has 4 atom stereocenters. The van der Waals surface area contributed by atoms with E-state index in [0.717, 1.165) is 45.6 Å². The zero-order chi connectivity index (χ0) is 23.0. The first-order valence-corrected chi connectivity index (χ1v) is 13.6. The first-order chi connectivity index (χ1) is 16.8. The molecule has 2 N–H and O–H groups in total. The summed E-state index contributed by atoms with van der Waals surface area (Å²) in [4.78, 5) is 16.8. The molecule has 180 valence electrons. The van der Waals surface area contributed by atoms with Crippen molar-refractivity contribution in [1.82, 2.24) is 15.5 Å². The molecule has 4 aliphatic rings. The van der Waals surface area contributed by atoms with E-state index in [1.165, 1.54) is 48.8 Å². The lowest BCUT2D eigenvalue weighted by molar-refractivity contribution is -0.142. The van der Waals surface area contributed by atoms with Gasteiger partial charge in [0, 0.05) is 44.2 Å². The van der Waals surface area contributed by atoms with Crippen molar-refractivity contribution in [2.45, 2.75) is 68.9 Å². The zero-order valence-electron chi connectivity index (χ0n) is 20.3. The Morgan fingerprint density at radius 3 is 2.50 bits per heavy atom. The average Bonchev–Trinajstić information content (AvgIpc) is 3.33. The maximum absolute atomic E-state index is 14.4. The smallest absolute Gasteiger partial charge is 0.228 e. The first kappa shape index (κ1) is 22.3. The third-order valence-corrected chi connectivity index (χ3v) is 9.46. The largest absolute Gasteiger partial charge is 0.339 e. The van der Waals surface area contributed by atoms with Crippen molar-refractivity contribution in [2.75, 3.05) is 26.2 Å². The number of piperidine rings is 1. The third-order valence-electron chi connectivity index (χ3n) is 9.46. The molecule has 4 unspecified atom stereocenters. The predicted octanol–water partition coefficient (Wildman–Crippen LogP) is 4.60. The van der Waals surface area contributed by atoms with Crippen LogP contribution in [0.4, 0.5) is 0 Å². The number of carbonyl (C=O) groups is 1. The maximum Gasteiger partial charge on any atom is 0.228 e. The fourth-order valence-corrected chi connectivity index (χ4v) is 7.69. The monoisotopic (exact) mass is 457 g/mol. The molecular formula is C30H39N3O. The van der Waals surface area contributed by atoms with Crippen LogP contribution in [0.25, 0.3) is 0 Å². The SMILES string of the molecule is O=C(C1CNCC12CNCc1ccccc12)N1CCC(c2ccccc2)CC1C1CCCCC1. The fraction of sp³-hybridized carbons (Fsp3) is 0.567. The van der Waals surface area contributed by atoms with Crippen molar-refractivity contribution < 1.29 is 4.79 Å². The van der Waals surface area contributed by atoms with E-state index in [2.05, 4.69) is 70.1 Å². The number of benzene rings is 2. The van der Waals surface area contributed by atoms with Crippen molar-refractivity contribution in [3.8, 4) is 0 Å². The minimum absolute atomic E-state index is 0.0146. The highest BCUT2D eigenvalue weighted by molar-refractivity contribution is 5.82. The topological polar surface area (TPSA) is 44.4 Å². The molecular weight excluding hydrogens is 418 g/mol. The summed E-state index contributed by atoms with van der Waals surface area (Å²) >= 11 is 0. The van der Waals surface area contributed by atoms with Crippen LogP contribution < -0.4 is 10.6 Å². The van der Waals surface area contributed by atoms with Gasteiger partial charge in [0.1, 0.15) is 0 Å². The van der Waals surface area contributed by atoms with Gasteiger partial charge in [-0.1, -0.05) is 73.9 Å². The van der Waals surface area contributed by atoms with Gasteiger partial charge in [0.05, 0.1) is 5.92 Å². The molecule has 1 saturated carbocycles. The summed E-state index contributed by atoms with van der Waals surface area (Å²) in [5.41, 5.74) is 4.09. The van der Waals surface area contributed by atoms with Gasteiger partial charge in [-0.2, -0.15) is 0 Å². The van der Waals surface area contributed by atoms with Gasteiger partial charge in [0.2, 0.25) is 5.91 Å². The summed E-state index contributed by atoms with van der Waals surface area (Å²) in [6.07, 6.45) is 8.79. The number of rotatable bonds is 3. The van der Waals surface area contributed by atoms with Gasteiger partial charge < -0.3 is 15.5 Å². The number of nitrogens with zero attached hydrogens (tertiary/aromatic N) is 1. The molecule has 4 nitrogen and oxygen atoms in total. The number of fused-ring (bicyclic) bond motifs is 2. The molecule has 6 rings (SSSR count). The molecule has 1 aliphatic carbocycles. The zero-order valence-corrected chi connectivity index (χ0v) is 20.3. The molecule has 0 radical (unpaired) electrons. The summed E-state index contributed by atoms with van der Waals surface area (Å²) in [6.45, 7) is 4.39. The number of carbonyl (C=O) groups excluding carboxylic acids is 1. The molecule has 2 aromatic carbocycles. The van der Waals surface area contributed by atoms with Gasteiger partial charge in [0.15, 0.2) is 0 Å². The second-order valence-corrected chi connectivity index (χ2v) is 11.2. The van der Waals surface area contributed by atoms with Crippen molar-refractivity contribution in [3.63, 3.8) is 0 Å². The Bertz CT molecular complexity index is 1000. The van der Waals surface area contributed by atoms with Crippen molar-refractivity contribution in [1.29, 1.82) is 0 Å². The van der Waals surface area contributed by atoms with Crippen LogP contribution >= 0.6 is 0 Å². The molecule has 0 aromatic heterocycles. The quantitative estimate of drug-likeness (QED) is 0.708. The number of hydrogen-bond acceptors (Lipinski definition) is 3. The van der Waals surface area contributed by atoms with E-state index >= 15 is 0 Å². The van der Waals surface area contributed by atoms with E-state index < -0.39 is 0 Å². The minimum atomic E-state index is -0.126. The van der Waals surface area contributed by atoms with E-state index in [4.69, 9.17) is 0 Å². The van der Waals surface area contributed by atoms with Crippen LogP contribution in [0.5, 0.6) is 0 Å². The fourth-order valence-electron chi connectivity index (χ4n) is 7.69. The Morgan fingerprint density at radius 2 is 1.65 bits per heavy atom. The Labute approximate surface area is 204 Å². The summed E-state index contributed by atoms with van der Waals surface area (Å²) in [5.74, 6) is 1.66. The highest BCUT2D eigenvalue weighted by atomic mass is 16.2. The van der Waals surface area contributed by atoms with Gasteiger partial charge in [-0.25, -0.2) is 0 Å². The van der Waals surface area contributed by atoms with Crippen LogP contribution in [0.2, 0.25) is 0 Å². The van der Waals surface area contributed by atoms with Crippen molar-refractivity contribution in [3.05, 3.63) is 71.3 Å². The number of hydrogen-bond donors (Lipinski definition) is 2. The highest BCUT2D eigenvalue weighted by Gasteiger charge is 2.52. The van der Waals surface area contributed by atoms with Crippen molar-refractivity contribution >= 4 is 5.91 Å². The lowest BCUT2D eigenvalue weighted by Gasteiger charge is -2.48. The van der Waals surface area contributed by atoms with Gasteiger partial charge in [-0.15, -0.1) is 0 Å².